The molecular formula is C14H14ClN3O2. The number of nitrogens with one attached hydrogen (secondary N) is 1. The second kappa shape index (κ2) is 5.46. The minimum atomic E-state index is -0.346. The van der Waals surface area contributed by atoms with Crippen LogP contribution < -0.4 is 5.32 Å². The number of nitrogens with zero attached hydrogens (tertiary/aromatic N) is 2. The van der Waals surface area contributed by atoms with E-state index in [9.17, 15) is 9.59 Å². The van der Waals surface area contributed by atoms with Crippen LogP contribution in [-0.2, 0) is 7.05 Å². The van der Waals surface area contributed by atoms with Crippen LogP contribution in [0.4, 0.5) is 5.69 Å². The summed E-state index contributed by atoms with van der Waals surface area (Å²) in [6, 6.07) is 6.74. The molecule has 0 aliphatic carbocycles. The molecule has 5 nitrogen and oxygen atoms in total. The van der Waals surface area contributed by atoms with Gasteiger partial charge < -0.3 is 5.32 Å². The number of hydrogen-bond acceptors (Lipinski definition) is 3. The lowest BCUT2D eigenvalue weighted by Crippen LogP contribution is -2.13. The highest BCUT2D eigenvalue weighted by atomic mass is 35.5. The molecule has 1 amide bonds. The summed E-state index contributed by atoms with van der Waals surface area (Å²) in [6.45, 7) is 3.19. The second-order valence-electron chi connectivity index (χ2n) is 4.47. The summed E-state index contributed by atoms with van der Waals surface area (Å²) in [7, 11) is 1.67. The van der Waals surface area contributed by atoms with Crippen LogP contribution in [-0.4, -0.2) is 21.5 Å². The zero-order valence-corrected chi connectivity index (χ0v) is 12.2. The number of anilines is 1. The maximum atomic E-state index is 12.2. The first-order chi connectivity index (χ1) is 9.40. The molecule has 1 N–H and O–H groups in total. The Morgan fingerprint density at radius 1 is 1.35 bits per heavy atom. The van der Waals surface area contributed by atoms with Crippen molar-refractivity contribution in [3.05, 3.63) is 46.2 Å². The first kappa shape index (κ1) is 14.3. The predicted octanol–water partition coefficient (Wildman–Crippen LogP) is 2.84. The van der Waals surface area contributed by atoms with Gasteiger partial charge >= 0.3 is 0 Å². The molecule has 0 atom stereocenters. The standard InChI is InChI=1S/C14H14ClN3O2/c1-8-12(13(15)18(3)17-8)14(20)16-11-6-4-5-10(7-11)9(2)19/h4-7H,1-3H3,(H,16,20). The molecule has 20 heavy (non-hydrogen) atoms. The average molecular weight is 292 g/mol. The lowest BCUT2D eigenvalue weighted by molar-refractivity contribution is 0.101. The molecule has 0 fully saturated rings. The second-order valence-corrected chi connectivity index (χ2v) is 4.82. The summed E-state index contributed by atoms with van der Waals surface area (Å²) >= 11 is 6.04. The summed E-state index contributed by atoms with van der Waals surface area (Å²) in [5.74, 6) is -0.405. The van der Waals surface area contributed by atoms with Gasteiger partial charge in [0.25, 0.3) is 5.91 Å². The molecule has 0 aliphatic rings. The topological polar surface area (TPSA) is 64.0 Å². The number of aryl methyl sites for hydroxylation is 2. The van der Waals surface area contributed by atoms with E-state index in [1.165, 1.54) is 11.6 Å². The van der Waals surface area contributed by atoms with E-state index in [2.05, 4.69) is 10.4 Å². The van der Waals surface area contributed by atoms with Crippen LogP contribution in [0.25, 0.3) is 0 Å². The Balaban J connectivity index is 2.28. The van der Waals surface area contributed by atoms with Gasteiger partial charge in [0.05, 0.1) is 11.3 Å². The molecule has 0 saturated carbocycles. The van der Waals surface area contributed by atoms with Crippen molar-refractivity contribution < 1.29 is 9.59 Å². The van der Waals surface area contributed by atoms with E-state index >= 15 is 0 Å². The highest BCUT2D eigenvalue weighted by Gasteiger charge is 2.19. The minimum absolute atomic E-state index is 0.0586. The first-order valence-electron chi connectivity index (χ1n) is 6.01. The van der Waals surface area contributed by atoms with Crippen LogP contribution in [0.15, 0.2) is 24.3 Å². The van der Waals surface area contributed by atoms with E-state index in [-0.39, 0.29) is 16.8 Å². The SMILES string of the molecule is CC(=O)c1cccc(NC(=O)c2c(C)nn(C)c2Cl)c1. The number of Topliss-reactive ketones (excluding diaryl/α,β-unsaturated/α-hetero) is 1. The summed E-state index contributed by atoms with van der Waals surface area (Å²) in [4.78, 5) is 23.5. The molecule has 1 aromatic heterocycles. The molecule has 0 radical (unpaired) electrons. The molecule has 0 spiro atoms. The predicted molar refractivity (Wildman–Crippen MR) is 77.4 cm³/mol. The maximum Gasteiger partial charge on any atom is 0.260 e. The van der Waals surface area contributed by atoms with Crippen molar-refractivity contribution in [2.75, 3.05) is 5.32 Å². The van der Waals surface area contributed by atoms with Crippen LogP contribution in [0, 0.1) is 6.92 Å². The monoisotopic (exact) mass is 291 g/mol. The summed E-state index contributed by atoms with van der Waals surface area (Å²) in [5, 5.41) is 7.09. The Morgan fingerprint density at radius 3 is 2.60 bits per heavy atom. The highest BCUT2D eigenvalue weighted by molar-refractivity contribution is 6.33. The van der Waals surface area contributed by atoms with Crippen LogP contribution in [0.3, 0.4) is 0 Å². The van der Waals surface area contributed by atoms with E-state index in [1.807, 2.05) is 0 Å². The summed E-state index contributed by atoms with van der Waals surface area (Å²) in [5.41, 5.74) is 1.97. The van der Waals surface area contributed by atoms with Gasteiger partial charge in [0.2, 0.25) is 0 Å². The number of halogens is 1. The normalized spacial score (nSPS) is 10.4. The molecule has 0 saturated heterocycles. The number of benzene rings is 1. The van der Waals surface area contributed by atoms with E-state index in [0.29, 0.717) is 22.5 Å². The Labute approximate surface area is 121 Å². The highest BCUT2D eigenvalue weighted by Crippen LogP contribution is 2.20. The van der Waals surface area contributed by atoms with Crippen molar-refractivity contribution >= 4 is 29.0 Å². The third-order valence-corrected chi connectivity index (χ3v) is 3.34. The van der Waals surface area contributed by atoms with E-state index in [0.717, 1.165) is 0 Å². The summed E-state index contributed by atoms with van der Waals surface area (Å²) < 4.78 is 1.44. The lowest BCUT2D eigenvalue weighted by Gasteiger charge is -2.06. The largest absolute Gasteiger partial charge is 0.322 e. The Bertz CT molecular complexity index is 692. The van der Waals surface area contributed by atoms with E-state index in [1.54, 1.807) is 38.2 Å². The third-order valence-electron chi connectivity index (χ3n) is 2.91. The van der Waals surface area contributed by atoms with Crippen LogP contribution in [0.1, 0.15) is 33.3 Å². The van der Waals surface area contributed by atoms with Crippen LogP contribution in [0.2, 0.25) is 5.15 Å². The number of carbonyl (C=O) groups is 2. The van der Waals surface area contributed by atoms with Gasteiger partial charge in [0.1, 0.15) is 5.15 Å². The molecule has 104 valence electrons. The first-order valence-corrected chi connectivity index (χ1v) is 6.39. The third kappa shape index (κ3) is 2.72. The van der Waals surface area contributed by atoms with Gasteiger partial charge in [-0.05, 0) is 26.0 Å². The molecule has 2 aromatic rings. The van der Waals surface area contributed by atoms with Crippen molar-refractivity contribution in [2.24, 2.45) is 7.05 Å². The fraction of sp³-hybridized carbons (Fsp3) is 0.214. The van der Waals surface area contributed by atoms with Crippen molar-refractivity contribution in [1.82, 2.24) is 9.78 Å². The number of rotatable bonds is 3. The number of amides is 1. The Hall–Kier alpha value is -2.14. The fourth-order valence-electron chi connectivity index (χ4n) is 1.90. The summed E-state index contributed by atoms with van der Waals surface area (Å²) in [6.07, 6.45) is 0. The van der Waals surface area contributed by atoms with Crippen molar-refractivity contribution in [1.29, 1.82) is 0 Å². The van der Waals surface area contributed by atoms with Crippen LogP contribution in [0.5, 0.6) is 0 Å². The number of aromatic nitrogens is 2. The van der Waals surface area contributed by atoms with E-state index in [4.69, 9.17) is 11.6 Å². The molecule has 0 unspecified atom stereocenters. The zero-order chi connectivity index (χ0) is 14.9. The minimum Gasteiger partial charge on any atom is -0.322 e. The van der Waals surface area contributed by atoms with Gasteiger partial charge in [-0.3, -0.25) is 14.3 Å². The number of hydrogen-bond donors (Lipinski definition) is 1. The Morgan fingerprint density at radius 2 is 2.05 bits per heavy atom. The molecule has 1 aromatic carbocycles. The molecule has 0 aliphatic heterocycles. The fourth-order valence-corrected chi connectivity index (χ4v) is 2.16. The molecule has 1 heterocycles. The van der Waals surface area contributed by atoms with Gasteiger partial charge in [-0.25, -0.2) is 0 Å². The van der Waals surface area contributed by atoms with Crippen LogP contribution >= 0.6 is 11.6 Å². The van der Waals surface area contributed by atoms with Crippen molar-refractivity contribution in [3.8, 4) is 0 Å². The van der Waals surface area contributed by atoms with Crippen molar-refractivity contribution in [3.63, 3.8) is 0 Å². The number of carbonyl (C=O) groups excluding carboxylic acids is 2. The van der Waals surface area contributed by atoms with Gasteiger partial charge in [0, 0.05) is 18.3 Å². The Kier molecular flexibility index (Phi) is 3.90. The van der Waals surface area contributed by atoms with Gasteiger partial charge in [-0.1, -0.05) is 23.7 Å². The molecule has 0 bridgehead atoms. The van der Waals surface area contributed by atoms with Gasteiger partial charge in [-0.2, -0.15) is 5.10 Å². The molecule has 6 heteroatoms. The number of ketones is 1. The lowest BCUT2D eigenvalue weighted by atomic mass is 10.1. The molecular weight excluding hydrogens is 278 g/mol. The van der Waals surface area contributed by atoms with Crippen molar-refractivity contribution in [2.45, 2.75) is 13.8 Å². The van der Waals surface area contributed by atoms with Gasteiger partial charge in [0.15, 0.2) is 5.78 Å². The quantitative estimate of drug-likeness (QED) is 0.885. The van der Waals surface area contributed by atoms with E-state index < -0.39 is 0 Å². The zero-order valence-electron chi connectivity index (χ0n) is 11.4. The smallest absolute Gasteiger partial charge is 0.260 e. The van der Waals surface area contributed by atoms with Gasteiger partial charge in [-0.15, -0.1) is 0 Å². The maximum absolute atomic E-state index is 12.2. The average Bonchev–Trinajstić information content (AvgIpc) is 2.63. The molecule has 2 rings (SSSR count).